The molecule has 0 saturated carbocycles. The standard InChI is InChI=1S/C19H25N3O11/c23-13-2-1-11(6-14(13)24)5-12(19(32)33)20-15(25)7-21(8-16(26)27)3-4-22(9-17(28)29)10-18(30)31/h1-2,6,12,23-24H,3-5,7-10H2,(H,20,25)(H,26,27)(H,28,29)(H,30,31)(H,32,33)/t12-/m0/s1. The molecule has 33 heavy (non-hydrogen) atoms. The van der Waals surface area contributed by atoms with E-state index in [2.05, 4.69) is 5.32 Å². The van der Waals surface area contributed by atoms with Crippen LogP contribution in [0.5, 0.6) is 11.5 Å². The summed E-state index contributed by atoms with van der Waals surface area (Å²) in [5.41, 5.74) is 0.304. The zero-order valence-corrected chi connectivity index (χ0v) is 17.4. The molecule has 1 amide bonds. The number of phenolic OH excluding ortho intramolecular Hbond substituents is 2. The van der Waals surface area contributed by atoms with Crippen LogP contribution in [-0.2, 0) is 30.4 Å². The second-order valence-corrected chi connectivity index (χ2v) is 7.09. The van der Waals surface area contributed by atoms with Gasteiger partial charge in [-0.1, -0.05) is 6.07 Å². The summed E-state index contributed by atoms with van der Waals surface area (Å²) < 4.78 is 0. The first kappa shape index (κ1) is 27.1. The van der Waals surface area contributed by atoms with Gasteiger partial charge in [-0.2, -0.15) is 0 Å². The Morgan fingerprint density at radius 2 is 1.24 bits per heavy atom. The summed E-state index contributed by atoms with van der Waals surface area (Å²) in [6, 6.07) is 2.21. The average molecular weight is 471 g/mol. The largest absolute Gasteiger partial charge is 0.504 e. The Morgan fingerprint density at radius 3 is 1.67 bits per heavy atom. The quantitative estimate of drug-likeness (QED) is 0.138. The molecule has 1 rings (SSSR count). The summed E-state index contributed by atoms with van der Waals surface area (Å²) in [5.74, 6) is -6.99. The van der Waals surface area contributed by atoms with E-state index >= 15 is 0 Å². The van der Waals surface area contributed by atoms with Gasteiger partial charge in [0, 0.05) is 19.5 Å². The zero-order valence-electron chi connectivity index (χ0n) is 17.4. The van der Waals surface area contributed by atoms with E-state index in [1.54, 1.807) is 0 Å². The highest BCUT2D eigenvalue weighted by molar-refractivity contribution is 5.85. The van der Waals surface area contributed by atoms with Crippen molar-refractivity contribution in [2.75, 3.05) is 39.3 Å². The summed E-state index contributed by atoms with van der Waals surface area (Å²) in [5, 5.41) is 57.3. The second-order valence-electron chi connectivity index (χ2n) is 7.09. The number of hydrogen-bond donors (Lipinski definition) is 7. The highest BCUT2D eigenvalue weighted by Crippen LogP contribution is 2.25. The maximum atomic E-state index is 12.4. The molecule has 0 aliphatic carbocycles. The van der Waals surface area contributed by atoms with Gasteiger partial charge in [0.1, 0.15) is 6.04 Å². The molecular weight excluding hydrogens is 446 g/mol. The fourth-order valence-electron chi connectivity index (χ4n) is 2.86. The lowest BCUT2D eigenvalue weighted by atomic mass is 10.1. The van der Waals surface area contributed by atoms with Gasteiger partial charge >= 0.3 is 23.9 Å². The normalized spacial score (nSPS) is 11.8. The van der Waals surface area contributed by atoms with Crippen molar-refractivity contribution in [1.29, 1.82) is 0 Å². The van der Waals surface area contributed by atoms with E-state index in [4.69, 9.17) is 15.3 Å². The van der Waals surface area contributed by atoms with Gasteiger partial charge in [-0.05, 0) is 17.7 Å². The number of carbonyl (C=O) groups excluding carboxylic acids is 1. The lowest BCUT2D eigenvalue weighted by Crippen LogP contribution is -2.49. The molecule has 182 valence electrons. The van der Waals surface area contributed by atoms with Crippen LogP contribution in [0.1, 0.15) is 5.56 Å². The molecule has 0 radical (unpaired) electrons. The van der Waals surface area contributed by atoms with Gasteiger partial charge in [-0.15, -0.1) is 0 Å². The first-order valence-corrected chi connectivity index (χ1v) is 9.50. The maximum Gasteiger partial charge on any atom is 0.326 e. The van der Waals surface area contributed by atoms with Crippen molar-refractivity contribution in [2.45, 2.75) is 12.5 Å². The summed E-state index contributed by atoms with van der Waals surface area (Å²) in [6.45, 7) is -2.76. The Morgan fingerprint density at radius 1 is 0.758 bits per heavy atom. The number of aromatic hydroxyl groups is 2. The molecule has 0 unspecified atom stereocenters. The van der Waals surface area contributed by atoms with Crippen molar-refractivity contribution in [3.05, 3.63) is 23.8 Å². The van der Waals surface area contributed by atoms with Crippen molar-refractivity contribution >= 4 is 29.8 Å². The molecule has 0 aliphatic rings. The molecule has 0 fully saturated rings. The smallest absolute Gasteiger partial charge is 0.326 e. The minimum Gasteiger partial charge on any atom is -0.504 e. The predicted molar refractivity (Wildman–Crippen MR) is 109 cm³/mol. The predicted octanol–water partition coefficient (Wildman–Crippen LogP) is -1.93. The zero-order chi connectivity index (χ0) is 25.1. The van der Waals surface area contributed by atoms with E-state index in [0.717, 1.165) is 21.9 Å². The van der Waals surface area contributed by atoms with Crippen LogP contribution in [0.3, 0.4) is 0 Å². The highest BCUT2D eigenvalue weighted by atomic mass is 16.4. The average Bonchev–Trinajstić information content (AvgIpc) is 2.66. The molecule has 1 aromatic carbocycles. The monoisotopic (exact) mass is 471 g/mol. The van der Waals surface area contributed by atoms with Gasteiger partial charge in [0.05, 0.1) is 26.2 Å². The number of nitrogens with zero attached hydrogens (tertiary/aromatic N) is 2. The number of benzene rings is 1. The third-order valence-electron chi connectivity index (χ3n) is 4.29. The molecule has 0 spiro atoms. The van der Waals surface area contributed by atoms with E-state index in [9.17, 15) is 39.3 Å². The molecule has 1 atom stereocenters. The van der Waals surface area contributed by atoms with Crippen molar-refractivity contribution < 1.29 is 54.6 Å². The molecule has 7 N–H and O–H groups in total. The van der Waals surface area contributed by atoms with E-state index in [-0.39, 0.29) is 19.5 Å². The Labute approximate surface area is 187 Å². The van der Waals surface area contributed by atoms with Crippen LogP contribution in [0.2, 0.25) is 0 Å². The van der Waals surface area contributed by atoms with Crippen LogP contribution in [-0.4, -0.2) is 116 Å². The van der Waals surface area contributed by atoms with Crippen LogP contribution in [0.25, 0.3) is 0 Å². The lowest BCUT2D eigenvalue weighted by Gasteiger charge is -2.25. The summed E-state index contributed by atoms with van der Waals surface area (Å²) in [4.78, 5) is 58.9. The number of rotatable bonds is 15. The minimum absolute atomic E-state index is 0.172. The number of aliphatic carboxylic acids is 4. The SMILES string of the molecule is O=C(O)CN(CCN(CC(=O)O)CC(=O)N[C@@H](Cc1ccc(O)c(O)c1)C(=O)O)CC(=O)O. The van der Waals surface area contributed by atoms with Gasteiger partial charge in [-0.3, -0.25) is 29.0 Å². The Bertz CT molecular complexity index is 874. The van der Waals surface area contributed by atoms with Gasteiger partial charge in [0.15, 0.2) is 11.5 Å². The Hall–Kier alpha value is -3.91. The van der Waals surface area contributed by atoms with Gasteiger partial charge < -0.3 is 36.0 Å². The molecular formula is C19H25N3O11. The lowest BCUT2D eigenvalue weighted by molar-refractivity contribution is -0.144. The van der Waals surface area contributed by atoms with E-state index < -0.39 is 73.5 Å². The van der Waals surface area contributed by atoms with Crippen molar-refractivity contribution in [2.24, 2.45) is 0 Å². The molecule has 0 bridgehead atoms. The fourth-order valence-corrected chi connectivity index (χ4v) is 2.86. The number of carboxylic acids is 4. The number of hydrogen-bond acceptors (Lipinski definition) is 9. The third kappa shape index (κ3) is 10.8. The van der Waals surface area contributed by atoms with Gasteiger partial charge in [0.25, 0.3) is 0 Å². The van der Waals surface area contributed by atoms with Crippen molar-refractivity contribution in [3.8, 4) is 11.5 Å². The fraction of sp³-hybridized carbons (Fsp3) is 0.421. The highest BCUT2D eigenvalue weighted by Gasteiger charge is 2.23. The Balaban J connectivity index is 2.80. The molecule has 0 heterocycles. The van der Waals surface area contributed by atoms with E-state index in [1.165, 1.54) is 6.07 Å². The van der Waals surface area contributed by atoms with Crippen molar-refractivity contribution in [1.82, 2.24) is 15.1 Å². The second kappa shape index (κ2) is 12.8. The van der Waals surface area contributed by atoms with E-state index in [1.807, 2.05) is 0 Å². The van der Waals surface area contributed by atoms with Crippen LogP contribution in [0, 0.1) is 0 Å². The molecule has 0 aromatic heterocycles. The number of nitrogens with one attached hydrogen (secondary N) is 1. The molecule has 14 heteroatoms. The third-order valence-corrected chi connectivity index (χ3v) is 4.29. The Kier molecular flexibility index (Phi) is 10.5. The number of carbonyl (C=O) groups is 5. The minimum atomic E-state index is -1.43. The number of phenols is 2. The van der Waals surface area contributed by atoms with Gasteiger partial charge in [-0.25, -0.2) is 4.79 Å². The van der Waals surface area contributed by atoms with Crippen molar-refractivity contribution in [3.63, 3.8) is 0 Å². The van der Waals surface area contributed by atoms with Crippen LogP contribution < -0.4 is 5.32 Å². The number of carboxylic acid groups (broad SMARTS) is 4. The van der Waals surface area contributed by atoms with Gasteiger partial charge in [0.2, 0.25) is 5.91 Å². The van der Waals surface area contributed by atoms with Crippen LogP contribution in [0.15, 0.2) is 18.2 Å². The summed E-state index contributed by atoms with van der Waals surface area (Å²) in [6.07, 6.45) is -0.237. The maximum absolute atomic E-state index is 12.4. The van der Waals surface area contributed by atoms with Crippen LogP contribution >= 0.6 is 0 Å². The number of amides is 1. The van der Waals surface area contributed by atoms with Crippen LogP contribution in [0.4, 0.5) is 0 Å². The first-order valence-electron chi connectivity index (χ1n) is 9.50. The van der Waals surface area contributed by atoms with E-state index in [0.29, 0.717) is 5.56 Å². The topological polar surface area (TPSA) is 225 Å². The molecule has 1 aromatic rings. The first-order chi connectivity index (χ1) is 15.4. The molecule has 0 aliphatic heterocycles. The summed E-state index contributed by atoms with van der Waals surface area (Å²) >= 11 is 0. The molecule has 14 nitrogen and oxygen atoms in total. The molecule has 0 saturated heterocycles. The summed E-state index contributed by atoms with van der Waals surface area (Å²) in [7, 11) is 0.